The Morgan fingerprint density at radius 3 is 2.71 bits per heavy atom. The average molecular weight is 191 g/mol. The van der Waals surface area contributed by atoms with Crippen molar-refractivity contribution in [2.75, 3.05) is 13.6 Å². The number of likely N-dealkylation sites (N-methyl/N-ethyl adjacent to an activating group) is 1. The lowest BCUT2D eigenvalue weighted by molar-refractivity contribution is 0.134. The molecule has 1 unspecified atom stereocenters. The molecule has 0 saturated carbocycles. The van der Waals surface area contributed by atoms with Crippen molar-refractivity contribution in [1.82, 2.24) is 4.90 Å². The highest BCUT2D eigenvalue weighted by atomic mass is 16.6. The number of amides is 1. The van der Waals surface area contributed by atoms with Crippen LogP contribution in [0.25, 0.3) is 0 Å². The number of rotatable bonds is 1. The molecule has 1 aliphatic heterocycles. The lowest BCUT2D eigenvalue weighted by Gasteiger charge is -2.10. The van der Waals surface area contributed by atoms with E-state index in [1.165, 1.54) is 5.56 Å². The molecule has 0 aromatic heterocycles. The normalized spacial score (nSPS) is 21.1. The van der Waals surface area contributed by atoms with Gasteiger partial charge in [-0.1, -0.05) is 24.3 Å². The molecule has 1 atom stereocenters. The van der Waals surface area contributed by atoms with Crippen molar-refractivity contribution in [2.24, 2.45) is 0 Å². The summed E-state index contributed by atoms with van der Waals surface area (Å²) in [6.07, 6.45) is -0.341. The van der Waals surface area contributed by atoms with Gasteiger partial charge < -0.3 is 9.64 Å². The molecule has 0 radical (unpaired) electrons. The van der Waals surface area contributed by atoms with Crippen LogP contribution in [-0.4, -0.2) is 24.6 Å². The Balaban J connectivity index is 2.25. The molecule has 0 N–H and O–H groups in total. The Morgan fingerprint density at radius 2 is 2.14 bits per heavy atom. The minimum absolute atomic E-state index is 0.103. The summed E-state index contributed by atoms with van der Waals surface area (Å²) in [5, 5.41) is 0. The number of hydrogen-bond donors (Lipinski definition) is 0. The van der Waals surface area contributed by atoms with Gasteiger partial charge in [0.05, 0.1) is 6.54 Å². The van der Waals surface area contributed by atoms with Crippen LogP contribution in [0.5, 0.6) is 0 Å². The second-order valence-corrected chi connectivity index (χ2v) is 3.61. The third-order valence-electron chi connectivity index (χ3n) is 2.53. The van der Waals surface area contributed by atoms with E-state index in [-0.39, 0.29) is 12.2 Å². The van der Waals surface area contributed by atoms with Gasteiger partial charge >= 0.3 is 6.09 Å². The fourth-order valence-corrected chi connectivity index (χ4v) is 1.68. The zero-order valence-corrected chi connectivity index (χ0v) is 8.36. The van der Waals surface area contributed by atoms with Gasteiger partial charge in [-0.3, -0.25) is 0 Å². The second kappa shape index (κ2) is 3.33. The highest BCUT2D eigenvalue weighted by Gasteiger charge is 2.29. The lowest BCUT2D eigenvalue weighted by atomic mass is 10.0. The van der Waals surface area contributed by atoms with Crippen LogP contribution >= 0.6 is 0 Å². The predicted octanol–water partition coefficient (Wildman–Crippen LogP) is 2.12. The van der Waals surface area contributed by atoms with E-state index in [2.05, 4.69) is 0 Å². The highest BCUT2D eigenvalue weighted by Crippen LogP contribution is 2.26. The molecule has 0 aliphatic carbocycles. The van der Waals surface area contributed by atoms with Crippen molar-refractivity contribution >= 4 is 6.09 Å². The molecule has 1 saturated heterocycles. The summed E-state index contributed by atoms with van der Waals surface area (Å²) < 4.78 is 5.23. The average Bonchev–Trinajstić information content (AvgIpc) is 2.48. The Bertz CT molecular complexity index is 362. The molecule has 3 heteroatoms. The molecule has 74 valence electrons. The van der Waals surface area contributed by atoms with Gasteiger partial charge in [0.1, 0.15) is 6.10 Å². The molecule has 14 heavy (non-hydrogen) atoms. The molecule has 1 fully saturated rings. The largest absolute Gasteiger partial charge is 0.439 e. The number of benzene rings is 1. The van der Waals surface area contributed by atoms with Crippen molar-refractivity contribution in [1.29, 1.82) is 0 Å². The summed E-state index contributed by atoms with van der Waals surface area (Å²) in [6.45, 7) is 2.67. The summed E-state index contributed by atoms with van der Waals surface area (Å²) in [7, 11) is 1.75. The Hall–Kier alpha value is -1.51. The smallest absolute Gasteiger partial charge is 0.410 e. The zero-order valence-electron chi connectivity index (χ0n) is 8.36. The number of ether oxygens (including phenoxy) is 1. The first kappa shape index (κ1) is 9.06. The summed E-state index contributed by atoms with van der Waals surface area (Å²) in [4.78, 5) is 12.8. The first-order chi connectivity index (χ1) is 6.68. The van der Waals surface area contributed by atoms with E-state index in [9.17, 15) is 4.79 Å². The van der Waals surface area contributed by atoms with E-state index in [1.807, 2.05) is 31.2 Å². The molecule has 1 aliphatic rings. The molecule has 1 aromatic carbocycles. The SMILES string of the molecule is Cc1ccccc1C1CN(C)C(=O)O1. The number of cyclic esters (lactones) is 1. The van der Waals surface area contributed by atoms with Crippen molar-refractivity contribution in [3.05, 3.63) is 35.4 Å². The van der Waals surface area contributed by atoms with Crippen molar-refractivity contribution < 1.29 is 9.53 Å². The van der Waals surface area contributed by atoms with E-state index in [0.717, 1.165) is 5.56 Å². The number of nitrogens with zero attached hydrogens (tertiary/aromatic N) is 1. The second-order valence-electron chi connectivity index (χ2n) is 3.61. The third-order valence-corrected chi connectivity index (χ3v) is 2.53. The van der Waals surface area contributed by atoms with E-state index >= 15 is 0 Å². The Labute approximate surface area is 83.3 Å². The zero-order chi connectivity index (χ0) is 10.1. The van der Waals surface area contributed by atoms with E-state index in [1.54, 1.807) is 11.9 Å². The molecule has 1 amide bonds. The van der Waals surface area contributed by atoms with Gasteiger partial charge in [-0.05, 0) is 18.1 Å². The molecule has 0 spiro atoms. The van der Waals surface area contributed by atoms with Crippen LogP contribution in [-0.2, 0) is 4.74 Å². The van der Waals surface area contributed by atoms with Crippen LogP contribution in [0.2, 0.25) is 0 Å². The highest BCUT2D eigenvalue weighted by molar-refractivity contribution is 5.69. The molecule has 0 bridgehead atoms. The molecule has 1 heterocycles. The molecular formula is C11H13NO2. The topological polar surface area (TPSA) is 29.5 Å². The first-order valence-corrected chi connectivity index (χ1v) is 4.66. The Morgan fingerprint density at radius 1 is 1.43 bits per heavy atom. The van der Waals surface area contributed by atoms with Crippen LogP contribution in [0.3, 0.4) is 0 Å². The monoisotopic (exact) mass is 191 g/mol. The maximum absolute atomic E-state index is 11.2. The first-order valence-electron chi connectivity index (χ1n) is 4.66. The van der Waals surface area contributed by atoms with Gasteiger partial charge in [0.25, 0.3) is 0 Å². The summed E-state index contributed by atoms with van der Waals surface area (Å²) in [5.41, 5.74) is 2.27. The third kappa shape index (κ3) is 1.45. The summed E-state index contributed by atoms with van der Waals surface area (Å²) in [6, 6.07) is 7.99. The summed E-state index contributed by atoms with van der Waals surface area (Å²) >= 11 is 0. The fourth-order valence-electron chi connectivity index (χ4n) is 1.68. The van der Waals surface area contributed by atoms with Gasteiger partial charge in [-0.15, -0.1) is 0 Å². The van der Waals surface area contributed by atoms with Crippen LogP contribution in [0, 0.1) is 6.92 Å². The van der Waals surface area contributed by atoms with E-state index in [4.69, 9.17) is 4.74 Å². The number of hydrogen-bond acceptors (Lipinski definition) is 2. The van der Waals surface area contributed by atoms with Crippen LogP contribution in [0.15, 0.2) is 24.3 Å². The van der Waals surface area contributed by atoms with Gasteiger partial charge in [0.2, 0.25) is 0 Å². The quantitative estimate of drug-likeness (QED) is 0.680. The molecular weight excluding hydrogens is 178 g/mol. The molecule has 2 rings (SSSR count). The molecule has 3 nitrogen and oxygen atoms in total. The van der Waals surface area contributed by atoms with Crippen molar-refractivity contribution in [3.63, 3.8) is 0 Å². The maximum Gasteiger partial charge on any atom is 0.410 e. The standard InChI is InChI=1S/C11H13NO2/c1-8-5-3-4-6-9(8)10-7-12(2)11(13)14-10/h3-6,10H,7H2,1-2H3. The van der Waals surface area contributed by atoms with Gasteiger partial charge in [0.15, 0.2) is 0 Å². The minimum Gasteiger partial charge on any atom is -0.439 e. The predicted molar refractivity (Wildman–Crippen MR) is 53.0 cm³/mol. The molecule has 1 aromatic rings. The van der Waals surface area contributed by atoms with Crippen LogP contribution < -0.4 is 0 Å². The van der Waals surface area contributed by atoms with Gasteiger partial charge in [0, 0.05) is 7.05 Å². The van der Waals surface area contributed by atoms with Crippen LogP contribution in [0.4, 0.5) is 4.79 Å². The summed E-state index contributed by atoms with van der Waals surface area (Å²) in [5.74, 6) is 0. The number of carbonyl (C=O) groups is 1. The van der Waals surface area contributed by atoms with E-state index < -0.39 is 0 Å². The van der Waals surface area contributed by atoms with E-state index in [0.29, 0.717) is 6.54 Å². The van der Waals surface area contributed by atoms with Crippen molar-refractivity contribution in [2.45, 2.75) is 13.0 Å². The van der Waals surface area contributed by atoms with Crippen LogP contribution in [0.1, 0.15) is 17.2 Å². The van der Waals surface area contributed by atoms with Gasteiger partial charge in [-0.2, -0.15) is 0 Å². The number of aryl methyl sites for hydroxylation is 1. The maximum atomic E-state index is 11.2. The minimum atomic E-state index is -0.238. The fraction of sp³-hybridized carbons (Fsp3) is 0.364. The van der Waals surface area contributed by atoms with Gasteiger partial charge in [-0.25, -0.2) is 4.79 Å². The van der Waals surface area contributed by atoms with Crippen molar-refractivity contribution in [3.8, 4) is 0 Å². The number of carbonyl (C=O) groups excluding carboxylic acids is 1. The lowest BCUT2D eigenvalue weighted by Crippen LogP contribution is -2.17. The Kier molecular flexibility index (Phi) is 2.15.